The molecule has 0 aliphatic heterocycles. The molecule has 114 valence electrons. The number of esters is 1. The van der Waals surface area contributed by atoms with Gasteiger partial charge in [-0.3, -0.25) is 4.79 Å². The zero-order chi connectivity index (χ0) is 14.8. The monoisotopic (exact) mass is 282 g/mol. The molecule has 0 aromatic rings. The van der Waals surface area contributed by atoms with E-state index in [-0.39, 0.29) is 17.3 Å². The molecule has 4 saturated carbocycles. The van der Waals surface area contributed by atoms with Crippen LogP contribution in [0, 0.1) is 11.3 Å². The number of hydrogen-bond donors (Lipinski definition) is 2. The number of hydrogen-bond acceptors (Lipinski definition) is 4. The van der Waals surface area contributed by atoms with Crippen LogP contribution in [-0.4, -0.2) is 33.0 Å². The second-order valence-corrected chi connectivity index (χ2v) is 8.23. The molecule has 4 heteroatoms. The topological polar surface area (TPSA) is 66.8 Å². The van der Waals surface area contributed by atoms with Crippen LogP contribution in [-0.2, 0) is 9.53 Å². The van der Waals surface area contributed by atoms with E-state index in [2.05, 4.69) is 6.92 Å². The molecule has 4 rings (SSSR count). The SMILES string of the molecule is CCC(C)C(=O)OC12CC3(C)CC(O)(CC(O)(C3)C1)C2. The van der Waals surface area contributed by atoms with Crippen LogP contribution in [0.3, 0.4) is 0 Å². The summed E-state index contributed by atoms with van der Waals surface area (Å²) < 4.78 is 5.84. The van der Waals surface area contributed by atoms with Crippen molar-refractivity contribution in [1.82, 2.24) is 0 Å². The van der Waals surface area contributed by atoms with Crippen LogP contribution >= 0.6 is 0 Å². The van der Waals surface area contributed by atoms with Gasteiger partial charge in [-0.15, -0.1) is 0 Å². The van der Waals surface area contributed by atoms with Crippen LogP contribution in [0.4, 0.5) is 0 Å². The van der Waals surface area contributed by atoms with E-state index in [1.165, 1.54) is 0 Å². The van der Waals surface area contributed by atoms with Crippen LogP contribution in [0.25, 0.3) is 0 Å². The lowest BCUT2D eigenvalue weighted by molar-refractivity contribution is -0.282. The Kier molecular flexibility index (Phi) is 2.85. The molecule has 0 amide bonds. The quantitative estimate of drug-likeness (QED) is 0.779. The van der Waals surface area contributed by atoms with Gasteiger partial charge in [-0.25, -0.2) is 0 Å². The fraction of sp³-hybridized carbons (Fsp3) is 0.938. The Morgan fingerprint density at radius 3 is 2.10 bits per heavy atom. The smallest absolute Gasteiger partial charge is 0.309 e. The van der Waals surface area contributed by atoms with Crippen molar-refractivity contribution in [2.45, 2.75) is 82.5 Å². The number of ether oxygens (including phenoxy) is 1. The minimum Gasteiger partial charge on any atom is -0.459 e. The van der Waals surface area contributed by atoms with Crippen LogP contribution in [0.2, 0.25) is 0 Å². The van der Waals surface area contributed by atoms with Crippen LogP contribution in [0.15, 0.2) is 0 Å². The highest BCUT2D eigenvalue weighted by Crippen LogP contribution is 2.65. The summed E-state index contributed by atoms with van der Waals surface area (Å²) >= 11 is 0. The molecule has 20 heavy (non-hydrogen) atoms. The van der Waals surface area contributed by atoms with E-state index in [1.54, 1.807) is 0 Å². The lowest BCUT2D eigenvalue weighted by Crippen LogP contribution is -2.69. The Bertz CT molecular complexity index is 390. The Labute approximate surface area is 120 Å². The minimum atomic E-state index is -0.867. The summed E-state index contributed by atoms with van der Waals surface area (Å²) in [7, 11) is 0. The van der Waals surface area contributed by atoms with Crippen molar-refractivity contribution in [3.63, 3.8) is 0 Å². The van der Waals surface area contributed by atoms with E-state index in [0.717, 1.165) is 12.8 Å². The van der Waals surface area contributed by atoms with Crippen molar-refractivity contribution in [2.75, 3.05) is 0 Å². The third kappa shape index (κ3) is 2.17. The van der Waals surface area contributed by atoms with Gasteiger partial charge in [-0.1, -0.05) is 20.8 Å². The molecule has 0 aromatic heterocycles. The lowest BCUT2D eigenvalue weighted by atomic mass is 9.45. The summed E-state index contributed by atoms with van der Waals surface area (Å²) in [5.41, 5.74) is -2.51. The highest BCUT2D eigenvalue weighted by molar-refractivity contribution is 5.72. The number of carbonyl (C=O) groups is 1. The second kappa shape index (κ2) is 3.98. The molecule has 0 radical (unpaired) electrons. The molecule has 0 aromatic carbocycles. The summed E-state index contributed by atoms with van der Waals surface area (Å²) in [6.07, 6.45) is 4.35. The van der Waals surface area contributed by atoms with Gasteiger partial charge in [0, 0.05) is 19.3 Å². The van der Waals surface area contributed by atoms with E-state index >= 15 is 0 Å². The van der Waals surface area contributed by atoms with Crippen LogP contribution in [0.1, 0.15) is 65.7 Å². The Balaban J connectivity index is 1.88. The zero-order valence-electron chi connectivity index (χ0n) is 12.7. The molecule has 0 spiro atoms. The number of rotatable bonds is 3. The molecule has 0 saturated heterocycles. The Morgan fingerprint density at radius 2 is 1.65 bits per heavy atom. The van der Waals surface area contributed by atoms with Gasteiger partial charge in [0.05, 0.1) is 17.1 Å². The minimum absolute atomic E-state index is 0.117. The summed E-state index contributed by atoms with van der Waals surface area (Å²) in [5, 5.41) is 21.5. The van der Waals surface area contributed by atoms with Crippen LogP contribution < -0.4 is 0 Å². The Morgan fingerprint density at radius 1 is 1.10 bits per heavy atom. The maximum atomic E-state index is 12.2. The molecular formula is C16H26O4. The van der Waals surface area contributed by atoms with Gasteiger partial charge in [0.25, 0.3) is 0 Å². The summed E-state index contributed by atoms with van der Waals surface area (Å²) in [5.74, 6) is -0.314. The summed E-state index contributed by atoms with van der Waals surface area (Å²) in [6, 6.07) is 0. The van der Waals surface area contributed by atoms with Gasteiger partial charge in [-0.05, 0) is 31.1 Å². The van der Waals surface area contributed by atoms with Crippen molar-refractivity contribution in [2.24, 2.45) is 11.3 Å². The molecule has 3 atom stereocenters. The molecule has 4 fully saturated rings. The predicted molar refractivity (Wildman–Crippen MR) is 74.0 cm³/mol. The van der Waals surface area contributed by atoms with Crippen molar-refractivity contribution in [3.05, 3.63) is 0 Å². The zero-order valence-corrected chi connectivity index (χ0v) is 12.7. The van der Waals surface area contributed by atoms with Crippen molar-refractivity contribution >= 4 is 5.97 Å². The first-order chi connectivity index (χ1) is 9.11. The third-order valence-electron chi connectivity index (χ3n) is 5.55. The molecule has 4 aliphatic carbocycles. The first-order valence-corrected chi connectivity index (χ1v) is 7.78. The molecule has 3 unspecified atom stereocenters. The normalized spacial score (nSPS) is 51.0. The first kappa shape index (κ1) is 14.3. The summed E-state index contributed by atoms with van der Waals surface area (Å²) in [4.78, 5) is 12.2. The molecule has 4 bridgehead atoms. The van der Waals surface area contributed by atoms with Gasteiger partial charge in [0.1, 0.15) is 5.60 Å². The van der Waals surface area contributed by atoms with E-state index < -0.39 is 16.8 Å². The lowest BCUT2D eigenvalue weighted by Gasteiger charge is -2.66. The maximum absolute atomic E-state index is 12.2. The van der Waals surface area contributed by atoms with Gasteiger partial charge in [-0.2, -0.15) is 0 Å². The summed E-state index contributed by atoms with van der Waals surface area (Å²) in [6.45, 7) is 5.94. The second-order valence-electron chi connectivity index (χ2n) is 8.23. The van der Waals surface area contributed by atoms with Crippen LogP contribution in [0.5, 0.6) is 0 Å². The van der Waals surface area contributed by atoms with Crippen molar-refractivity contribution < 1.29 is 19.7 Å². The van der Waals surface area contributed by atoms with Gasteiger partial charge in [0.15, 0.2) is 0 Å². The molecule has 4 aliphatic rings. The largest absolute Gasteiger partial charge is 0.459 e. The predicted octanol–water partition coefficient (Wildman–Crippen LogP) is 2.16. The van der Waals surface area contributed by atoms with E-state index in [1.807, 2.05) is 13.8 Å². The molecular weight excluding hydrogens is 256 g/mol. The van der Waals surface area contributed by atoms with Gasteiger partial charge in [0.2, 0.25) is 0 Å². The molecule has 2 N–H and O–H groups in total. The van der Waals surface area contributed by atoms with Gasteiger partial charge >= 0.3 is 5.97 Å². The molecule has 4 nitrogen and oxygen atoms in total. The fourth-order valence-electron chi connectivity index (χ4n) is 5.52. The fourth-order valence-corrected chi connectivity index (χ4v) is 5.52. The first-order valence-electron chi connectivity index (χ1n) is 7.78. The van der Waals surface area contributed by atoms with Crippen molar-refractivity contribution in [1.29, 1.82) is 0 Å². The van der Waals surface area contributed by atoms with E-state index in [0.29, 0.717) is 32.1 Å². The molecule has 0 heterocycles. The highest BCUT2D eigenvalue weighted by atomic mass is 16.6. The number of aliphatic hydroxyl groups is 2. The Hall–Kier alpha value is -0.610. The standard InChI is InChI=1S/C16H26O4/c1-4-11(2)12(17)20-16-7-13(3)5-14(18,9-16)8-15(19,6-13)10-16/h11,18-19H,4-10H2,1-3H3. The van der Waals surface area contributed by atoms with E-state index in [4.69, 9.17) is 4.74 Å². The van der Waals surface area contributed by atoms with Crippen molar-refractivity contribution in [3.8, 4) is 0 Å². The average Bonchev–Trinajstić information content (AvgIpc) is 2.20. The average molecular weight is 282 g/mol. The highest BCUT2D eigenvalue weighted by Gasteiger charge is 2.68. The third-order valence-corrected chi connectivity index (χ3v) is 5.55. The maximum Gasteiger partial charge on any atom is 0.309 e. The van der Waals surface area contributed by atoms with E-state index in [9.17, 15) is 15.0 Å². The van der Waals surface area contributed by atoms with Gasteiger partial charge < -0.3 is 14.9 Å². The number of carbonyl (C=O) groups excluding carboxylic acids is 1.